The van der Waals surface area contributed by atoms with Gasteiger partial charge in [0.2, 0.25) is 0 Å². The summed E-state index contributed by atoms with van der Waals surface area (Å²) in [5.74, 6) is -0.546. The monoisotopic (exact) mass is 1090 g/mol. The molecule has 0 amide bonds. The van der Waals surface area contributed by atoms with Crippen LogP contribution >= 0.6 is 15.6 Å². The largest absolute Gasteiger partial charge is 0.481 e. The molecule has 21 heteroatoms. The molecule has 0 spiro atoms. The van der Waals surface area contributed by atoms with Crippen molar-refractivity contribution in [2.75, 3.05) is 25.6 Å². The van der Waals surface area contributed by atoms with Gasteiger partial charge in [-0.15, -0.1) is 0 Å². The molecule has 3 unspecified atom stereocenters. The number of phosphoric acid groups is 2. The van der Waals surface area contributed by atoms with E-state index >= 15 is 0 Å². The van der Waals surface area contributed by atoms with Crippen molar-refractivity contribution >= 4 is 33.4 Å². The van der Waals surface area contributed by atoms with Gasteiger partial charge >= 0.3 is 33.3 Å². The minimum absolute atomic E-state index is 0.0456. The number of aliphatic hydroxyl groups is 3. The number of phosphoric ester groups is 2. The Bertz CT molecular complexity index is 1960. The van der Waals surface area contributed by atoms with E-state index in [1.165, 1.54) is 76.7 Å². The van der Waals surface area contributed by atoms with E-state index in [9.17, 15) is 48.6 Å². The van der Waals surface area contributed by atoms with E-state index in [0.29, 0.717) is 25.7 Å². The first-order chi connectivity index (χ1) is 35.5. The topological polar surface area (TPSA) is 286 Å². The average Bonchev–Trinajstić information content (AvgIpc) is 3.63. The second kappa shape index (κ2) is 40.0. The molecule has 1 fully saturated rings. The zero-order valence-electron chi connectivity index (χ0n) is 44.4. The highest BCUT2D eigenvalue weighted by Crippen LogP contribution is 2.60. The minimum Gasteiger partial charge on any atom is -0.462 e. The van der Waals surface area contributed by atoms with Crippen LogP contribution in [0.4, 0.5) is 5.82 Å². The number of hydrogen-bond donors (Lipinski definition) is 6. The Balaban J connectivity index is 1.81. The Morgan fingerprint density at radius 3 is 1.97 bits per heavy atom. The van der Waals surface area contributed by atoms with Crippen molar-refractivity contribution in [1.29, 1.82) is 0 Å². The van der Waals surface area contributed by atoms with Crippen molar-refractivity contribution in [3.8, 4) is 0 Å². The van der Waals surface area contributed by atoms with Gasteiger partial charge in [-0.1, -0.05) is 185 Å². The number of rotatable bonds is 44. The standard InChI is InChI=1S/C53H91N3O16P2/c1-4-6-28-34-44(57)35-30-25-21-17-13-11-15-19-23-27-32-37-49(59)70-45(40-67-48(58)36-31-26-22-18-14-10-8-7-9-12-16-20-24-29-33-43(3)5-2)41-68-73(63,64)72-74(65,66)69-42-46-50(60)51(61)52(71-46)56-39-38-47(54)55-53(56)62/h11,13,19,21,23,25,30,35,38-39,43-46,50-52,57,60-61H,4-10,12,14-18,20,22,24,26-29,31-34,36-37,40-42H2,1-3H3,(H,63,64)(H,65,66)(H2,54,55,62)/b13-11-,23-19-,25-21-,35-30+/t43?,44-,45+,46+,50+,51+,52+/m0/s1. The third kappa shape index (κ3) is 32.3. The molecular weight excluding hydrogens is 997 g/mol. The second-order valence-corrected chi connectivity index (χ2v) is 22.2. The average molecular weight is 1090 g/mol. The molecule has 19 nitrogen and oxygen atoms in total. The molecule has 1 saturated heterocycles. The normalized spacial score (nSPS) is 20.1. The van der Waals surface area contributed by atoms with Gasteiger partial charge in [-0.05, 0) is 50.5 Å². The van der Waals surface area contributed by atoms with E-state index in [1.807, 2.05) is 42.5 Å². The lowest BCUT2D eigenvalue weighted by Crippen LogP contribution is -2.36. The highest BCUT2D eigenvalue weighted by molar-refractivity contribution is 7.61. The molecule has 0 saturated carbocycles. The molecule has 2 rings (SSSR count). The highest BCUT2D eigenvalue weighted by atomic mass is 31.3. The van der Waals surface area contributed by atoms with E-state index in [4.69, 9.17) is 29.0 Å². The zero-order valence-corrected chi connectivity index (χ0v) is 46.2. The van der Waals surface area contributed by atoms with E-state index in [2.05, 4.69) is 30.1 Å². The maximum atomic E-state index is 12.9. The van der Waals surface area contributed by atoms with Gasteiger partial charge in [0.1, 0.15) is 30.7 Å². The molecule has 0 aromatic carbocycles. The molecule has 1 aromatic rings. The number of nitrogen functional groups attached to an aromatic ring is 1. The number of anilines is 1. The van der Waals surface area contributed by atoms with Crippen LogP contribution in [0.25, 0.3) is 0 Å². The van der Waals surface area contributed by atoms with Crippen molar-refractivity contribution in [2.45, 2.75) is 224 Å². The van der Waals surface area contributed by atoms with E-state index in [0.717, 1.165) is 74.5 Å². The first-order valence-electron chi connectivity index (χ1n) is 27.2. The molecule has 7 N–H and O–H groups in total. The van der Waals surface area contributed by atoms with Gasteiger partial charge in [0, 0.05) is 19.0 Å². The Morgan fingerprint density at radius 2 is 1.34 bits per heavy atom. The highest BCUT2D eigenvalue weighted by Gasteiger charge is 2.46. The first-order valence-corrected chi connectivity index (χ1v) is 30.1. The Hall–Kier alpha value is -3.32. The van der Waals surface area contributed by atoms with Crippen molar-refractivity contribution in [3.05, 3.63) is 71.4 Å². The van der Waals surface area contributed by atoms with Gasteiger partial charge in [-0.3, -0.25) is 23.2 Å². The summed E-state index contributed by atoms with van der Waals surface area (Å²) in [6, 6.07) is 1.24. The Kier molecular flexibility index (Phi) is 36.1. The summed E-state index contributed by atoms with van der Waals surface area (Å²) < 4.78 is 56.8. The Labute approximate surface area is 440 Å². The van der Waals surface area contributed by atoms with Crippen LogP contribution in [0.1, 0.15) is 194 Å². The summed E-state index contributed by atoms with van der Waals surface area (Å²) in [5, 5.41) is 30.9. The number of nitrogens with two attached hydrogens (primary N) is 1. The quantitative estimate of drug-likeness (QED) is 0.0116. The predicted octanol–water partition coefficient (Wildman–Crippen LogP) is 10.6. The molecule has 74 heavy (non-hydrogen) atoms. The summed E-state index contributed by atoms with van der Waals surface area (Å²) >= 11 is 0. The maximum absolute atomic E-state index is 12.9. The van der Waals surface area contributed by atoms with E-state index in [1.54, 1.807) is 6.08 Å². The number of aliphatic hydroxyl groups excluding tert-OH is 3. The molecule has 2 heterocycles. The lowest BCUT2D eigenvalue weighted by molar-refractivity contribution is -0.161. The second-order valence-electron chi connectivity index (χ2n) is 19.2. The van der Waals surface area contributed by atoms with Gasteiger partial charge in [-0.2, -0.15) is 9.29 Å². The summed E-state index contributed by atoms with van der Waals surface area (Å²) in [6.07, 6.45) is 33.7. The van der Waals surface area contributed by atoms with Gasteiger partial charge in [0.05, 0.1) is 19.3 Å². The number of hydrogen-bond acceptors (Lipinski definition) is 16. The molecule has 0 radical (unpaired) electrons. The number of esters is 2. The van der Waals surface area contributed by atoms with Crippen LogP contribution < -0.4 is 11.4 Å². The maximum Gasteiger partial charge on any atom is 0.481 e. The predicted molar refractivity (Wildman–Crippen MR) is 285 cm³/mol. The molecule has 0 aliphatic carbocycles. The third-order valence-corrected chi connectivity index (χ3v) is 15.2. The van der Waals surface area contributed by atoms with Crippen LogP contribution in [0.3, 0.4) is 0 Å². The van der Waals surface area contributed by atoms with Crippen LogP contribution in [0.5, 0.6) is 0 Å². The number of aromatic nitrogens is 2. The summed E-state index contributed by atoms with van der Waals surface area (Å²) in [5.41, 5.74) is 4.58. The van der Waals surface area contributed by atoms with Gasteiger partial charge < -0.3 is 45.1 Å². The third-order valence-electron chi connectivity index (χ3n) is 12.6. The van der Waals surface area contributed by atoms with Crippen LogP contribution in [-0.4, -0.2) is 96.9 Å². The number of unbranched alkanes of at least 4 members (excludes halogenated alkanes) is 16. The summed E-state index contributed by atoms with van der Waals surface area (Å²) in [7, 11) is -10.9. The fourth-order valence-corrected chi connectivity index (χ4v) is 10.0. The number of ether oxygens (including phenoxy) is 3. The number of carbonyl (C=O) groups is 2. The molecule has 0 bridgehead atoms. The molecule has 9 atom stereocenters. The number of nitrogens with zero attached hydrogens (tertiary/aromatic N) is 2. The zero-order chi connectivity index (χ0) is 54.5. The number of allylic oxidation sites excluding steroid dienone is 7. The molecule has 1 aliphatic heterocycles. The first kappa shape index (κ1) is 66.8. The minimum atomic E-state index is -5.45. The van der Waals surface area contributed by atoms with E-state index in [-0.39, 0.29) is 18.7 Å². The van der Waals surface area contributed by atoms with Crippen molar-refractivity contribution < 1.29 is 71.4 Å². The van der Waals surface area contributed by atoms with Gasteiger partial charge in [0.15, 0.2) is 12.3 Å². The van der Waals surface area contributed by atoms with Gasteiger partial charge in [0.25, 0.3) is 0 Å². The van der Waals surface area contributed by atoms with Crippen LogP contribution in [0.15, 0.2) is 65.7 Å². The smallest absolute Gasteiger partial charge is 0.462 e. The van der Waals surface area contributed by atoms with Crippen molar-refractivity contribution in [3.63, 3.8) is 0 Å². The summed E-state index contributed by atoms with van der Waals surface area (Å²) in [4.78, 5) is 62.0. The fraction of sp³-hybridized carbons (Fsp3) is 0.736. The SMILES string of the molecule is CCCCC[C@H](O)/C=C/C=C\C/C=C\C/C=C\CCCC(=O)O[C@H](COC(=O)CCCCCCCCCCCCCCCCC(C)CC)COP(=O)(O)OP(=O)(O)OC[C@H]1O[C@@H](n2ccc(N)nc2=O)[C@H](O)[C@@H]1O. The van der Waals surface area contributed by atoms with Crippen LogP contribution in [-0.2, 0) is 46.3 Å². The fourth-order valence-electron chi connectivity index (χ4n) is 7.92. The van der Waals surface area contributed by atoms with Crippen molar-refractivity contribution in [1.82, 2.24) is 9.55 Å². The van der Waals surface area contributed by atoms with Crippen LogP contribution in [0.2, 0.25) is 0 Å². The van der Waals surface area contributed by atoms with Crippen LogP contribution in [0, 0.1) is 5.92 Å². The van der Waals surface area contributed by atoms with Crippen molar-refractivity contribution in [2.24, 2.45) is 5.92 Å². The molecule has 1 aromatic heterocycles. The lowest BCUT2D eigenvalue weighted by atomic mass is 9.99. The summed E-state index contributed by atoms with van der Waals surface area (Å²) in [6.45, 7) is 4.34. The number of carbonyl (C=O) groups excluding carboxylic acids is 2. The van der Waals surface area contributed by atoms with Gasteiger partial charge in [-0.25, -0.2) is 13.9 Å². The van der Waals surface area contributed by atoms with E-state index < -0.39 is 89.8 Å². The molecule has 424 valence electrons. The Morgan fingerprint density at radius 1 is 0.757 bits per heavy atom. The molecular formula is C53H91N3O16P2. The lowest BCUT2D eigenvalue weighted by Gasteiger charge is -2.21. The molecule has 1 aliphatic rings.